The molecule has 4 amide bonds. The number of rotatable bonds is 5. The number of carbonyl (C=O) groups is 3. The number of ether oxygens (including phenoxy) is 1. The summed E-state index contributed by atoms with van der Waals surface area (Å²) in [6.07, 6.45) is 1.45. The Morgan fingerprint density at radius 1 is 0.970 bits per heavy atom. The van der Waals surface area contributed by atoms with Gasteiger partial charge in [0, 0.05) is 5.02 Å². The van der Waals surface area contributed by atoms with Gasteiger partial charge in [0.05, 0.1) is 5.69 Å². The summed E-state index contributed by atoms with van der Waals surface area (Å²) < 4.78 is 5.83. The van der Waals surface area contributed by atoms with E-state index in [0.717, 1.165) is 21.6 Å². The largest absolute Gasteiger partial charge is 0.489 e. The number of imide groups is 2. The molecule has 0 spiro atoms. The van der Waals surface area contributed by atoms with Crippen molar-refractivity contribution in [2.75, 3.05) is 4.90 Å². The summed E-state index contributed by atoms with van der Waals surface area (Å²) in [6, 6.07) is 19.0. The van der Waals surface area contributed by atoms with E-state index in [1.807, 2.05) is 44.2 Å². The van der Waals surface area contributed by atoms with Crippen LogP contribution in [0.15, 0.2) is 72.3 Å². The molecule has 3 aromatic rings. The van der Waals surface area contributed by atoms with Crippen molar-refractivity contribution in [3.05, 3.63) is 99.6 Å². The second-order valence-corrected chi connectivity index (χ2v) is 8.18. The fraction of sp³-hybridized carbons (Fsp3) is 0.115. The molecule has 0 unspecified atom stereocenters. The zero-order chi connectivity index (χ0) is 23.5. The molecular weight excluding hydrogens is 440 g/mol. The molecule has 0 aliphatic carbocycles. The Hall–Kier alpha value is -3.90. The number of hydrogen-bond donors (Lipinski definition) is 1. The van der Waals surface area contributed by atoms with E-state index in [1.54, 1.807) is 36.4 Å². The van der Waals surface area contributed by atoms with Crippen molar-refractivity contribution in [2.24, 2.45) is 0 Å². The highest BCUT2D eigenvalue weighted by molar-refractivity contribution is 6.39. The number of aryl methyl sites for hydroxylation is 2. The Labute approximate surface area is 196 Å². The lowest BCUT2D eigenvalue weighted by Gasteiger charge is -2.27. The molecule has 4 rings (SSSR count). The molecule has 1 fully saturated rings. The highest BCUT2D eigenvalue weighted by Crippen LogP contribution is 2.26. The molecule has 1 aliphatic heterocycles. The van der Waals surface area contributed by atoms with Crippen molar-refractivity contribution in [1.82, 2.24) is 5.32 Å². The topological polar surface area (TPSA) is 75.7 Å². The summed E-state index contributed by atoms with van der Waals surface area (Å²) in [6.45, 7) is 4.05. The molecule has 7 heteroatoms. The van der Waals surface area contributed by atoms with E-state index >= 15 is 0 Å². The van der Waals surface area contributed by atoms with Crippen LogP contribution in [0.5, 0.6) is 5.75 Å². The minimum Gasteiger partial charge on any atom is -0.489 e. The summed E-state index contributed by atoms with van der Waals surface area (Å²) in [4.78, 5) is 39.1. The third-order valence-electron chi connectivity index (χ3n) is 5.16. The first-order valence-electron chi connectivity index (χ1n) is 10.3. The zero-order valence-corrected chi connectivity index (χ0v) is 18.8. The Morgan fingerprint density at radius 2 is 1.76 bits per heavy atom. The molecule has 0 saturated carbocycles. The van der Waals surface area contributed by atoms with Gasteiger partial charge in [-0.15, -0.1) is 0 Å². The van der Waals surface area contributed by atoms with Crippen molar-refractivity contribution in [2.45, 2.75) is 20.5 Å². The van der Waals surface area contributed by atoms with E-state index in [4.69, 9.17) is 16.3 Å². The maximum Gasteiger partial charge on any atom is 0.335 e. The van der Waals surface area contributed by atoms with Crippen LogP contribution in [0.4, 0.5) is 10.5 Å². The van der Waals surface area contributed by atoms with Crippen LogP contribution >= 0.6 is 11.6 Å². The summed E-state index contributed by atoms with van der Waals surface area (Å²) in [7, 11) is 0. The number of hydrogen-bond acceptors (Lipinski definition) is 4. The number of barbiturate groups is 1. The SMILES string of the molecule is Cc1ccc(N2C(=O)NC(=O)/C(=C/c3cccc(OCc4cccc(Cl)c4)c3)C2=O)c(C)c1. The fourth-order valence-corrected chi connectivity index (χ4v) is 3.80. The van der Waals surface area contributed by atoms with E-state index in [0.29, 0.717) is 28.6 Å². The van der Waals surface area contributed by atoms with Crippen LogP contribution in [-0.2, 0) is 16.2 Å². The molecule has 1 saturated heterocycles. The molecule has 166 valence electrons. The maximum absolute atomic E-state index is 13.1. The molecule has 0 aromatic heterocycles. The Kier molecular flexibility index (Phi) is 6.29. The number of amides is 4. The van der Waals surface area contributed by atoms with Crippen LogP contribution < -0.4 is 15.0 Å². The molecule has 0 radical (unpaired) electrons. The average Bonchev–Trinajstić information content (AvgIpc) is 2.77. The highest BCUT2D eigenvalue weighted by Gasteiger charge is 2.37. The third kappa shape index (κ3) is 4.96. The minimum atomic E-state index is -0.771. The maximum atomic E-state index is 13.1. The molecule has 3 aromatic carbocycles. The van der Waals surface area contributed by atoms with Gasteiger partial charge >= 0.3 is 6.03 Å². The molecule has 6 nitrogen and oxygen atoms in total. The Bertz CT molecular complexity index is 1300. The lowest BCUT2D eigenvalue weighted by molar-refractivity contribution is -0.122. The zero-order valence-electron chi connectivity index (χ0n) is 18.1. The van der Waals surface area contributed by atoms with Gasteiger partial charge in [-0.1, -0.05) is 53.6 Å². The number of carbonyl (C=O) groups excluding carboxylic acids is 3. The van der Waals surface area contributed by atoms with E-state index in [9.17, 15) is 14.4 Å². The molecule has 1 heterocycles. The van der Waals surface area contributed by atoms with Crippen LogP contribution in [0.1, 0.15) is 22.3 Å². The van der Waals surface area contributed by atoms with Crippen molar-refractivity contribution >= 4 is 41.2 Å². The predicted molar refractivity (Wildman–Crippen MR) is 127 cm³/mol. The first-order chi connectivity index (χ1) is 15.8. The minimum absolute atomic E-state index is 0.137. The van der Waals surface area contributed by atoms with Crippen LogP contribution in [0.2, 0.25) is 5.02 Å². The van der Waals surface area contributed by atoms with Crippen molar-refractivity contribution in [3.8, 4) is 5.75 Å². The first kappa shape index (κ1) is 22.3. The standard InChI is InChI=1S/C26H21ClN2O4/c1-16-9-10-23(17(2)11-16)29-25(31)22(24(30)28-26(29)32)14-18-5-4-8-21(13-18)33-15-19-6-3-7-20(27)12-19/h3-14H,15H2,1-2H3,(H,28,30,32)/b22-14-. The molecule has 33 heavy (non-hydrogen) atoms. The smallest absolute Gasteiger partial charge is 0.335 e. The molecule has 0 bridgehead atoms. The lowest BCUT2D eigenvalue weighted by Crippen LogP contribution is -2.54. The van der Waals surface area contributed by atoms with Gasteiger partial charge in [0.1, 0.15) is 17.9 Å². The number of benzene rings is 3. The summed E-state index contributed by atoms with van der Waals surface area (Å²) in [5.41, 5.74) is 3.55. The van der Waals surface area contributed by atoms with E-state index in [-0.39, 0.29) is 5.57 Å². The van der Waals surface area contributed by atoms with Gasteiger partial charge in [-0.05, 0) is 66.9 Å². The van der Waals surface area contributed by atoms with Crippen molar-refractivity contribution < 1.29 is 19.1 Å². The molecule has 1 N–H and O–H groups in total. The van der Waals surface area contributed by atoms with Crippen LogP contribution in [0.25, 0.3) is 6.08 Å². The quantitative estimate of drug-likeness (QED) is 0.419. The number of urea groups is 1. The average molecular weight is 461 g/mol. The van der Waals surface area contributed by atoms with Gasteiger partial charge in [-0.25, -0.2) is 9.69 Å². The van der Waals surface area contributed by atoms with Gasteiger partial charge < -0.3 is 4.74 Å². The van der Waals surface area contributed by atoms with Gasteiger partial charge in [0.25, 0.3) is 11.8 Å². The molecule has 0 atom stereocenters. The van der Waals surface area contributed by atoms with E-state index in [1.165, 1.54) is 6.08 Å². The van der Waals surface area contributed by atoms with Gasteiger partial charge in [-0.2, -0.15) is 0 Å². The Balaban J connectivity index is 1.59. The van der Waals surface area contributed by atoms with Crippen molar-refractivity contribution in [1.29, 1.82) is 0 Å². The number of nitrogens with one attached hydrogen (secondary N) is 1. The van der Waals surface area contributed by atoms with Crippen LogP contribution in [-0.4, -0.2) is 17.8 Å². The third-order valence-corrected chi connectivity index (χ3v) is 5.39. The predicted octanol–water partition coefficient (Wildman–Crippen LogP) is 5.20. The van der Waals surface area contributed by atoms with Gasteiger partial charge in [0.2, 0.25) is 0 Å². The second kappa shape index (κ2) is 9.30. The Morgan fingerprint density at radius 3 is 2.52 bits per heavy atom. The van der Waals surface area contributed by atoms with Crippen LogP contribution in [0.3, 0.4) is 0 Å². The van der Waals surface area contributed by atoms with Gasteiger partial charge in [0.15, 0.2) is 0 Å². The van der Waals surface area contributed by atoms with E-state index in [2.05, 4.69) is 5.32 Å². The monoisotopic (exact) mass is 460 g/mol. The normalized spacial score (nSPS) is 15.1. The first-order valence-corrected chi connectivity index (χ1v) is 10.7. The lowest BCUT2D eigenvalue weighted by atomic mass is 10.0. The second-order valence-electron chi connectivity index (χ2n) is 7.74. The molecule has 1 aliphatic rings. The van der Waals surface area contributed by atoms with Gasteiger partial charge in [-0.3, -0.25) is 14.9 Å². The van der Waals surface area contributed by atoms with E-state index < -0.39 is 17.8 Å². The van der Waals surface area contributed by atoms with Crippen molar-refractivity contribution in [3.63, 3.8) is 0 Å². The summed E-state index contributed by atoms with van der Waals surface area (Å²) >= 11 is 6.01. The molecular formula is C26H21ClN2O4. The number of nitrogens with zero attached hydrogens (tertiary/aromatic N) is 1. The summed E-state index contributed by atoms with van der Waals surface area (Å²) in [5, 5.41) is 2.88. The van der Waals surface area contributed by atoms with Crippen LogP contribution in [0, 0.1) is 13.8 Å². The highest BCUT2D eigenvalue weighted by atomic mass is 35.5. The fourth-order valence-electron chi connectivity index (χ4n) is 3.59. The summed E-state index contributed by atoms with van der Waals surface area (Å²) in [5.74, 6) is -0.854. The number of anilines is 1. The number of halogens is 1.